The molecule has 3 aromatic rings. The van der Waals surface area contributed by atoms with Crippen molar-refractivity contribution >= 4 is 28.5 Å². The number of fused-ring (bicyclic) bond motifs is 1. The van der Waals surface area contributed by atoms with Gasteiger partial charge in [0.1, 0.15) is 0 Å². The fourth-order valence-corrected chi connectivity index (χ4v) is 2.71. The molecule has 0 aliphatic carbocycles. The van der Waals surface area contributed by atoms with Crippen LogP contribution < -0.4 is 0 Å². The highest BCUT2D eigenvalue weighted by Crippen LogP contribution is 2.32. The second kappa shape index (κ2) is 3.61. The molecular weight excluding hydrogens is 218 g/mol. The first-order valence-electron chi connectivity index (χ1n) is 5.00. The molecule has 0 unspecified atom stereocenters. The Morgan fingerprint density at radius 2 is 2.06 bits per heavy atom. The number of para-hydroxylation sites is 1. The van der Waals surface area contributed by atoms with Gasteiger partial charge in [-0.3, -0.25) is 4.79 Å². The number of carbonyl (C=O) groups excluding carboxylic acids is 1. The normalized spacial score (nSPS) is 10.8. The van der Waals surface area contributed by atoms with Gasteiger partial charge in [0, 0.05) is 22.0 Å². The molecule has 0 aliphatic rings. The average molecular weight is 227 g/mol. The fraction of sp³-hybridized carbons (Fsp3) is 0. The number of thiophene rings is 1. The van der Waals surface area contributed by atoms with E-state index in [1.165, 1.54) is 16.7 Å². The maximum atomic E-state index is 10.7. The van der Waals surface area contributed by atoms with Gasteiger partial charge in [-0.15, -0.1) is 11.3 Å². The summed E-state index contributed by atoms with van der Waals surface area (Å²) in [7, 11) is 0. The topological polar surface area (TPSA) is 32.9 Å². The Morgan fingerprint density at radius 1 is 1.12 bits per heavy atom. The summed E-state index contributed by atoms with van der Waals surface area (Å²) < 4.78 is 0. The van der Waals surface area contributed by atoms with Crippen LogP contribution in [-0.4, -0.2) is 11.3 Å². The summed E-state index contributed by atoms with van der Waals surface area (Å²) in [5.74, 6) is 0. The zero-order valence-corrected chi connectivity index (χ0v) is 9.25. The van der Waals surface area contributed by atoms with Crippen molar-refractivity contribution in [3.05, 3.63) is 47.5 Å². The molecule has 2 aromatic heterocycles. The van der Waals surface area contributed by atoms with Gasteiger partial charge >= 0.3 is 0 Å². The molecule has 0 atom stereocenters. The fourth-order valence-electron chi connectivity index (χ4n) is 1.85. The van der Waals surface area contributed by atoms with Crippen LogP contribution in [0.4, 0.5) is 0 Å². The van der Waals surface area contributed by atoms with Crippen molar-refractivity contribution in [3.63, 3.8) is 0 Å². The van der Waals surface area contributed by atoms with Gasteiger partial charge in [0.05, 0.1) is 10.4 Å². The smallest absolute Gasteiger partial charge is 0.160 e. The van der Waals surface area contributed by atoms with E-state index in [1.807, 2.05) is 30.5 Å². The Labute approximate surface area is 96.5 Å². The summed E-state index contributed by atoms with van der Waals surface area (Å²) in [4.78, 5) is 15.8. The Balaban J connectivity index is 2.24. The molecule has 3 rings (SSSR count). The van der Waals surface area contributed by atoms with Crippen LogP contribution in [0.1, 0.15) is 9.67 Å². The van der Waals surface area contributed by atoms with Crippen LogP contribution in [0.2, 0.25) is 0 Å². The van der Waals surface area contributed by atoms with E-state index in [-0.39, 0.29) is 0 Å². The van der Waals surface area contributed by atoms with Crippen LogP contribution in [0.3, 0.4) is 0 Å². The molecule has 2 heterocycles. The van der Waals surface area contributed by atoms with Crippen molar-refractivity contribution in [1.82, 2.24) is 4.98 Å². The lowest BCUT2D eigenvalue weighted by atomic mass is 10.1. The minimum absolute atomic E-state index is 0.763. The maximum absolute atomic E-state index is 10.7. The lowest BCUT2D eigenvalue weighted by molar-refractivity contribution is 0.112. The van der Waals surface area contributed by atoms with Crippen molar-refractivity contribution in [2.75, 3.05) is 0 Å². The zero-order chi connectivity index (χ0) is 11.0. The van der Waals surface area contributed by atoms with E-state index in [9.17, 15) is 4.79 Å². The molecule has 0 aliphatic heterocycles. The molecule has 0 saturated heterocycles. The first kappa shape index (κ1) is 9.36. The van der Waals surface area contributed by atoms with Crippen molar-refractivity contribution in [2.45, 2.75) is 0 Å². The molecule has 3 heteroatoms. The minimum atomic E-state index is 0.763. The van der Waals surface area contributed by atoms with E-state index in [1.54, 1.807) is 0 Å². The van der Waals surface area contributed by atoms with E-state index >= 15 is 0 Å². The summed E-state index contributed by atoms with van der Waals surface area (Å²) in [5, 5.41) is 1.19. The molecule has 0 fully saturated rings. The Bertz CT molecular complexity index is 651. The van der Waals surface area contributed by atoms with E-state index in [0.717, 1.165) is 27.1 Å². The van der Waals surface area contributed by atoms with E-state index in [2.05, 4.69) is 17.1 Å². The monoisotopic (exact) mass is 227 g/mol. The van der Waals surface area contributed by atoms with Gasteiger partial charge in [-0.2, -0.15) is 0 Å². The van der Waals surface area contributed by atoms with Gasteiger partial charge in [-0.05, 0) is 18.2 Å². The molecule has 0 spiro atoms. The van der Waals surface area contributed by atoms with Crippen LogP contribution in [-0.2, 0) is 0 Å². The van der Waals surface area contributed by atoms with Crippen LogP contribution in [0.25, 0.3) is 21.3 Å². The third-order valence-electron chi connectivity index (χ3n) is 2.60. The van der Waals surface area contributed by atoms with E-state index in [0.29, 0.717) is 0 Å². The van der Waals surface area contributed by atoms with E-state index in [4.69, 9.17) is 0 Å². The van der Waals surface area contributed by atoms with Crippen LogP contribution in [0.5, 0.6) is 0 Å². The number of aromatic nitrogens is 1. The van der Waals surface area contributed by atoms with Crippen molar-refractivity contribution < 1.29 is 4.79 Å². The predicted molar refractivity (Wildman–Crippen MR) is 67.0 cm³/mol. The number of hydrogen-bond donors (Lipinski definition) is 1. The van der Waals surface area contributed by atoms with Gasteiger partial charge in [0.15, 0.2) is 6.29 Å². The number of aldehydes is 1. The highest BCUT2D eigenvalue weighted by Gasteiger charge is 2.06. The molecule has 78 valence electrons. The lowest BCUT2D eigenvalue weighted by Crippen LogP contribution is -1.75. The third kappa shape index (κ3) is 1.37. The number of aromatic amines is 1. The largest absolute Gasteiger partial charge is 0.361 e. The van der Waals surface area contributed by atoms with Gasteiger partial charge in [-0.1, -0.05) is 18.2 Å². The number of carbonyl (C=O) groups is 1. The van der Waals surface area contributed by atoms with Crippen molar-refractivity contribution in [2.24, 2.45) is 0 Å². The number of nitrogens with one attached hydrogen (secondary N) is 1. The van der Waals surface area contributed by atoms with Crippen molar-refractivity contribution in [1.29, 1.82) is 0 Å². The molecule has 1 aromatic carbocycles. The van der Waals surface area contributed by atoms with Gasteiger partial charge in [0.2, 0.25) is 0 Å². The summed E-state index contributed by atoms with van der Waals surface area (Å²) in [6, 6.07) is 12.1. The van der Waals surface area contributed by atoms with Gasteiger partial charge in [0.25, 0.3) is 0 Å². The Hall–Kier alpha value is -1.87. The summed E-state index contributed by atoms with van der Waals surface area (Å²) in [6.45, 7) is 0. The number of H-pyrrole nitrogens is 1. The molecule has 0 amide bonds. The van der Waals surface area contributed by atoms with Crippen LogP contribution in [0.15, 0.2) is 42.6 Å². The third-order valence-corrected chi connectivity index (χ3v) is 3.64. The molecule has 0 bridgehead atoms. The lowest BCUT2D eigenvalue weighted by Gasteiger charge is -1.99. The summed E-state index contributed by atoms with van der Waals surface area (Å²) >= 11 is 1.52. The second-order valence-electron chi connectivity index (χ2n) is 3.57. The first-order valence-corrected chi connectivity index (χ1v) is 5.81. The summed E-state index contributed by atoms with van der Waals surface area (Å²) in [6.07, 6.45) is 2.82. The standard InChI is InChI=1S/C13H9NOS/c15-8-10-4-5-12(16-10)11-3-1-2-9-6-7-14-13(9)11/h1-8,14H. The zero-order valence-electron chi connectivity index (χ0n) is 8.44. The number of benzene rings is 1. The van der Waals surface area contributed by atoms with Crippen molar-refractivity contribution in [3.8, 4) is 10.4 Å². The Kier molecular flexibility index (Phi) is 2.11. The molecule has 2 nitrogen and oxygen atoms in total. The van der Waals surface area contributed by atoms with E-state index < -0.39 is 0 Å². The number of rotatable bonds is 2. The minimum Gasteiger partial charge on any atom is -0.361 e. The van der Waals surface area contributed by atoms with Gasteiger partial charge in [-0.25, -0.2) is 0 Å². The average Bonchev–Trinajstić information content (AvgIpc) is 2.97. The molecule has 0 saturated carbocycles. The first-order chi connectivity index (χ1) is 7.88. The molecule has 1 N–H and O–H groups in total. The highest BCUT2D eigenvalue weighted by molar-refractivity contribution is 7.17. The quantitative estimate of drug-likeness (QED) is 0.665. The van der Waals surface area contributed by atoms with Crippen LogP contribution in [0, 0.1) is 0 Å². The second-order valence-corrected chi connectivity index (χ2v) is 4.68. The Morgan fingerprint density at radius 3 is 2.88 bits per heavy atom. The SMILES string of the molecule is O=Cc1ccc(-c2cccc3cc[nH]c23)s1. The van der Waals surface area contributed by atoms with Crippen LogP contribution >= 0.6 is 11.3 Å². The molecular formula is C13H9NOS. The molecule has 0 radical (unpaired) electrons. The molecule has 16 heavy (non-hydrogen) atoms. The van der Waals surface area contributed by atoms with Gasteiger partial charge < -0.3 is 4.98 Å². The highest BCUT2D eigenvalue weighted by atomic mass is 32.1. The number of hydrogen-bond acceptors (Lipinski definition) is 2. The summed E-state index contributed by atoms with van der Waals surface area (Å²) in [5.41, 5.74) is 2.28. The predicted octanol–water partition coefficient (Wildman–Crippen LogP) is 3.71. The maximum Gasteiger partial charge on any atom is 0.160 e.